The van der Waals surface area contributed by atoms with Crippen LogP contribution in [0.25, 0.3) is 0 Å². The molecule has 4 aliphatic carbocycles. The Labute approximate surface area is 100 Å². The van der Waals surface area contributed by atoms with E-state index in [2.05, 4.69) is 6.92 Å². The lowest BCUT2D eigenvalue weighted by molar-refractivity contribution is -0.0414. The SMILES string of the molecule is CC(CN)CCC1C2CC3CC(C2)CC1C3. The molecule has 0 aromatic rings. The van der Waals surface area contributed by atoms with Crippen LogP contribution in [0.2, 0.25) is 0 Å². The molecule has 4 bridgehead atoms. The summed E-state index contributed by atoms with van der Waals surface area (Å²) < 4.78 is 0. The van der Waals surface area contributed by atoms with Crippen LogP contribution in [0, 0.1) is 35.5 Å². The molecular weight excluding hydrogens is 194 g/mol. The average Bonchev–Trinajstić information content (AvgIpc) is 2.26. The van der Waals surface area contributed by atoms with Crippen molar-refractivity contribution in [1.82, 2.24) is 0 Å². The second-order valence-electron chi connectivity index (χ2n) is 7.01. The summed E-state index contributed by atoms with van der Waals surface area (Å²) in [5, 5.41) is 0. The molecule has 0 amide bonds. The van der Waals surface area contributed by atoms with Gasteiger partial charge in [-0.15, -0.1) is 0 Å². The van der Waals surface area contributed by atoms with Crippen LogP contribution in [-0.2, 0) is 0 Å². The molecule has 4 fully saturated rings. The highest BCUT2D eigenvalue weighted by molar-refractivity contribution is 4.97. The lowest BCUT2D eigenvalue weighted by Crippen LogP contribution is -2.45. The number of hydrogen-bond donors (Lipinski definition) is 1. The molecule has 1 unspecified atom stereocenters. The van der Waals surface area contributed by atoms with E-state index >= 15 is 0 Å². The molecule has 4 saturated carbocycles. The van der Waals surface area contributed by atoms with Gasteiger partial charge in [0.05, 0.1) is 0 Å². The largest absolute Gasteiger partial charge is 0.330 e. The van der Waals surface area contributed by atoms with Gasteiger partial charge in [-0.2, -0.15) is 0 Å². The van der Waals surface area contributed by atoms with Crippen molar-refractivity contribution in [3.05, 3.63) is 0 Å². The minimum Gasteiger partial charge on any atom is -0.330 e. The van der Waals surface area contributed by atoms with Crippen molar-refractivity contribution in [2.24, 2.45) is 41.2 Å². The van der Waals surface area contributed by atoms with Gasteiger partial charge in [0, 0.05) is 0 Å². The van der Waals surface area contributed by atoms with Crippen molar-refractivity contribution in [1.29, 1.82) is 0 Å². The summed E-state index contributed by atoms with van der Waals surface area (Å²) >= 11 is 0. The molecule has 1 heteroatoms. The van der Waals surface area contributed by atoms with Crippen molar-refractivity contribution in [3.63, 3.8) is 0 Å². The van der Waals surface area contributed by atoms with Gasteiger partial charge < -0.3 is 5.73 Å². The Balaban J connectivity index is 1.59. The Bertz CT molecular complexity index is 220. The molecule has 1 nitrogen and oxygen atoms in total. The van der Waals surface area contributed by atoms with Gasteiger partial charge in [-0.05, 0) is 87.0 Å². The van der Waals surface area contributed by atoms with Crippen molar-refractivity contribution < 1.29 is 0 Å². The average molecular weight is 221 g/mol. The molecule has 0 aromatic carbocycles. The van der Waals surface area contributed by atoms with Gasteiger partial charge in [0.2, 0.25) is 0 Å². The van der Waals surface area contributed by atoms with Crippen LogP contribution in [0.3, 0.4) is 0 Å². The number of rotatable bonds is 4. The third kappa shape index (κ3) is 1.92. The van der Waals surface area contributed by atoms with Crippen molar-refractivity contribution >= 4 is 0 Å². The molecule has 0 spiro atoms. The summed E-state index contributed by atoms with van der Waals surface area (Å²) in [4.78, 5) is 0. The molecule has 2 N–H and O–H groups in total. The first kappa shape index (κ1) is 11.1. The molecule has 0 saturated heterocycles. The lowest BCUT2D eigenvalue weighted by Gasteiger charge is -2.54. The zero-order chi connectivity index (χ0) is 11.1. The monoisotopic (exact) mass is 221 g/mol. The van der Waals surface area contributed by atoms with E-state index < -0.39 is 0 Å². The first-order chi connectivity index (χ1) is 7.76. The predicted octanol–water partition coefficient (Wildman–Crippen LogP) is 3.43. The summed E-state index contributed by atoms with van der Waals surface area (Å²) in [6, 6.07) is 0. The molecule has 1 atom stereocenters. The van der Waals surface area contributed by atoms with Gasteiger partial charge >= 0.3 is 0 Å². The third-order valence-electron chi connectivity index (χ3n) is 5.82. The van der Waals surface area contributed by atoms with Crippen LogP contribution in [0.4, 0.5) is 0 Å². The quantitative estimate of drug-likeness (QED) is 0.773. The Morgan fingerprint density at radius 1 is 1.00 bits per heavy atom. The van der Waals surface area contributed by atoms with Gasteiger partial charge in [0.1, 0.15) is 0 Å². The molecular formula is C15H27N. The molecule has 0 heterocycles. The topological polar surface area (TPSA) is 26.0 Å². The van der Waals surface area contributed by atoms with Crippen LogP contribution in [-0.4, -0.2) is 6.54 Å². The van der Waals surface area contributed by atoms with Crippen molar-refractivity contribution in [2.45, 2.75) is 51.9 Å². The molecule has 16 heavy (non-hydrogen) atoms. The highest BCUT2D eigenvalue weighted by Gasteiger charge is 2.47. The van der Waals surface area contributed by atoms with E-state index in [1.54, 1.807) is 32.1 Å². The van der Waals surface area contributed by atoms with Crippen molar-refractivity contribution in [2.75, 3.05) is 6.54 Å². The zero-order valence-electron chi connectivity index (χ0n) is 10.7. The third-order valence-corrected chi connectivity index (χ3v) is 5.82. The standard InChI is InChI=1S/C15H27N/c1-10(9-16)2-3-15-13-5-11-4-12(7-13)8-14(15)6-11/h10-15H,2-9,16H2,1H3. The van der Waals surface area contributed by atoms with E-state index in [4.69, 9.17) is 5.73 Å². The van der Waals surface area contributed by atoms with Gasteiger partial charge in [-0.25, -0.2) is 0 Å². The maximum absolute atomic E-state index is 5.73. The summed E-state index contributed by atoms with van der Waals surface area (Å²) in [6.45, 7) is 3.20. The van der Waals surface area contributed by atoms with Crippen LogP contribution < -0.4 is 5.73 Å². The van der Waals surface area contributed by atoms with Crippen LogP contribution >= 0.6 is 0 Å². The smallest absolute Gasteiger partial charge is 0.00515 e. The van der Waals surface area contributed by atoms with E-state index in [0.29, 0.717) is 0 Å². The van der Waals surface area contributed by atoms with E-state index in [-0.39, 0.29) is 0 Å². The van der Waals surface area contributed by atoms with E-state index in [9.17, 15) is 0 Å². The second kappa shape index (κ2) is 4.33. The van der Waals surface area contributed by atoms with Gasteiger partial charge in [-0.3, -0.25) is 0 Å². The van der Waals surface area contributed by atoms with Crippen molar-refractivity contribution in [3.8, 4) is 0 Å². The number of hydrogen-bond acceptors (Lipinski definition) is 1. The maximum atomic E-state index is 5.73. The van der Waals surface area contributed by atoms with E-state index in [0.717, 1.165) is 42.1 Å². The fourth-order valence-electron chi connectivity index (χ4n) is 5.10. The summed E-state index contributed by atoms with van der Waals surface area (Å²) in [5.41, 5.74) is 5.73. The van der Waals surface area contributed by atoms with Crippen LogP contribution in [0.1, 0.15) is 51.9 Å². The normalized spacial score (nSPS) is 47.2. The number of nitrogens with two attached hydrogens (primary N) is 1. The summed E-state index contributed by atoms with van der Waals surface area (Å²) in [7, 11) is 0. The highest BCUT2D eigenvalue weighted by Crippen LogP contribution is 2.57. The van der Waals surface area contributed by atoms with Crippen LogP contribution in [0.5, 0.6) is 0 Å². The Kier molecular flexibility index (Phi) is 2.99. The second-order valence-corrected chi connectivity index (χ2v) is 7.01. The summed E-state index contributed by atoms with van der Waals surface area (Å²) in [6.07, 6.45) is 10.8. The fourth-order valence-corrected chi connectivity index (χ4v) is 5.10. The maximum Gasteiger partial charge on any atom is -0.00515 e. The zero-order valence-corrected chi connectivity index (χ0v) is 10.7. The molecule has 4 aliphatic rings. The predicted molar refractivity (Wildman–Crippen MR) is 68.0 cm³/mol. The van der Waals surface area contributed by atoms with E-state index in [1.807, 2.05) is 0 Å². The summed E-state index contributed by atoms with van der Waals surface area (Å²) in [5.74, 6) is 6.32. The van der Waals surface area contributed by atoms with Gasteiger partial charge in [-0.1, -0.05) is 6.92 Å². The minimum absolute atomic E-state index is 0.747. The lowest BCUT2D eigenvalue weighted by atomic mass is 9.51. The minimum atomic E-state index is 0.747. The molecule has 4 rings (SSSR count). The molecule has 92 valence electrons. The fraction of sp³-hybridized carbons (Fsp3) is 1.00. The van der Waals surface area contributed by atoms with Crippen LogP contribution in [0.15, 0.2) is 0 Å². The van der Waals surface area contributed by atoms with Gasteiger partial charge in [0.25, 0.3) is 0 Å². The first-order valence-electron chi connectivity index (χ1n) is 7.46. The van der Waals surface area contributed by atoms with E-state index in [1.165, 1.54) is 12.8 Å². The van der Waals surface area contributed by atoms with Gasteiger partial charge in [0.15, 0.2) is 0 Å². The Morgan fingerprint density at radius 3 is 2.06 bits per heavy atom. The molecule has 0 aromatic heterocycles. The highest BCUT2D eigenvalue weighted by atomic mass is 14.6. The molecule has 0 radical (unpaired) electrons. The first-order valence-corrected chi connectivity index (χ1v) is 7.46. The Hall–Kier alpha value is -0.0400. The Morgan fingerprint density at radius 2 is 1.56 bits per heavy atom. The molecule has 0 aliphatic heterocycles.